The molecule has 0 aromatic carbocycles. The van der Waals surface area contributed by atoms with Gasteiger partial charge in [-0.15, -0.1) is 0 Å². The number of rotatable bonds is 17. The van der Waals surface area contributed by atoms with Crippen molar-refractivity contribution in [2.45, 2.75) is 123 Å². The van der Waals surface area contributed by atoms with Crippen LogP contribution in [0.25, 0.3) is 0 Å². The molecule has 5 heteroatoms. The second-order valence-electron chi connectivity index (χ2n) is 7.17. The predicted octanol–water partition coefficient (Wildman–Crippen LogP) is 5.70. The second kappa shape index (κ2) is 21.1. The normalized spacial score (nSPS) is 11.7. The largest absolute Gasteiger partial charge is 0.391 e. The Hall–Kier alpha value is -0.186. The van der Waals surface area contributed by atoms with Crippen molar-refractivity contribution in [3.05, 3.63) is 0 Å². The summed E-state index contributed by atoms with van der Waals surface area (Å²) in [5.74, 6) is -1.38. The Balaban J connectivity index is 0. The maximum absolute atomic E-state index is 11.3. The molecular weight excluding hydrogens is 364 g/mol. The predicted molar refractivity (Wildman–Crippen MR) is 102 cm³/mol. The summed E-state index contributed by atoms with van der Waals surface area (Å²) in [5, 5.41) is 8.95. The van der Waals surface area contributed by atoms with Gasteiger partial charge < -0.3 is 9.84 Å². The molecule has 0 heterocycles. The first-order valence-corrected chi connectivity index (χ1v) is 10.5. The van der Waals surface area contributed by atoms with E-state index in [2.05, 4.69) is 11.7 Å². The van der Waals surface area contributed by atoms with Crippen molar-refractivity contribution in [2.24, 2.45) is 0 Å². The van der Waals surface area contributed by atoms with Crippen LogP contribution >= 0.6 is 0 Å². The summed E-state index contributed by atoms with van der Waals surface area (Å²) in [6, 6.07) is 0. The average molecular weight is 404 g/mol. The van der Waals surface area contributed by atoms with Crippen molar-refractivity contribution in [3.63, 3.8) is 0 Å². The first-order chi connectivity index (χ1) is 12.1. The number of ether oxygens (including phenoxy) is 1. The summed E-state index contributed by atoms with van der Waals surface area (Å²) in [6.07, 6.45) is 18.2. The summed E-state index contributed by atoms with van der Waals surface area (Å²) in [5.41, 5.74) is 0. The monoisotopic (exact) mass is 404 g/mol. The summed E-state index contributed by atoms with van der Waals surface area (Å²) >= 11 is 0. The minimum absolute atomic E-state index is 0. The first kappa shape index (κ1) is 28.0. The second-order valence-corrected chi connectivity index (χ2v) is 7.17. The van der Waals surface area contributed by atoms with Crippen molar-refractivity contribution in [1.29, 1.82) is 0 Å². The van der Waals surface area contributed by atoms with E-state index in [1.165, 1.54) is 84.0 Å². The number of esters is 2. The number of aliphatic hydroxyl groups is 1. The third-order valence-electron chi connectivity index (χ3n) is 4.54. The molecule has 0 radical (unpaired) electrons. The Morgan fingerprint density at radius 1 is 0.731 bits per heavy atom. The van der Waals surface area contributed by atoms with E-state index >= 15 is 0 Å². The fraction of sp³-hybridized carbons (Fsp3) is 0.905. The average Bonchev–Trinajstić information content (AvgIpc) is 2.58. The molecule has 0 aromatic rings. The van der Waals surface area contributed by atoms with Gasteiger partial charge in [-0.05, 0) is 13.3 Å². The van der Waals surface area contributed by atoms with E-state index in [0.29, 0.717) is 0 Å². The molecule has 0 bridgehead atoms. The molecule has 26 heavy (non-hydrogen) atoms. The van der Waals surface area contributed by atoms with Gasteiger partial charge in [-0.25, -0.2) is 4.79 Å². The fourth-order valence-electron chi connectivity index (χ4n) is 2.89. The van der Waals surface area contributed by atoms with Crippen LogP contribution in [0.5, 0.6) is 0 Å². The zero-order valence-electron chi connectivity index (χ0n) is 17.1. The maximum atomic E-state index is 11.3. The molecule has 0 aliphatic heterocycles. The van der Waals surface area contributed by atoms with Crippen LogP contribution in [0.3, 0.4) is 0 Å². The number of hydrogen-bond donors (Lipinski definition) is 1. The van der Waals surface area contributed by atoms with E-state index in [-0.39, 0.29) is 28.1 Å². The van der Waals surface area contributed by atoms with Gasteiger partial charge in [0.1, 0.15) is 6.10 Å². The van der Waals surface area contributed by atoms with Gasteiger partial charge in [0.25, 0.3) is 0 Å². The minimum atomic E-state index is -1.23. The van der Waals surface area contributed by atoms with Gasteiger partial charge in [0.05, 0.1) is 0 Å². The maximum Gasteiger partial charge on any atom is 0.342 e. The van der Waals surface area contributed by atoms with Crippen molar-refractivity contribution in [2.75, 3.05) is 0 Å². The number of aliphatic hydroxyl groups excluding tert-OH is 1. The molecule has 0 saturated carbocycles. The van der Waals surface area contributed by atoms with Crippen molar-refractivity contribution in [1.82, 2.24) is 0 Å². The molecule has 1 atom stereocenters. The van der Waals surface area contributed by atoms with Crippen LogP contribution in [-0.2, 0) is 36.0 Å². The summed E-state index contributed by atoms with van der Waals surface area (Å²) in [7, 11) is 0. The molecule has 0 saturated heterocycles. The number of carbonyl (C=O) groups excluding carboxylic acids is 2. The summed E-state index contributed by atoms with van der Waals surface area (Å²) in [4.78, 5) is 22.4. The van der Waals surface area contributed by atoms with Gasteiger partial charge in [-0.3, -0.25) is 4.79 Å². The van der Waals surface area contributed by atoms with Crippen molar-refractivity contribution >= 4 is 11.9 Å². The summed E-state index contributed by atoms with van der Waals surface area (Å²) in [6.45, 7) is 3.55. The minimum Gasteiger partial charge on any atom is -0.391 e. The van der Waals surface area contributed by atoms with Gasteiger partial charge in [0, 0.05) is 28.1 Å². The molecule has 0 spiro atoms. The number of unbranched alkanes of at least 4 members (excludes halogenated alkanes) is 14. The standard InChI is InChI=1S/C21H40O4.Ti/c1-3-4-5-6-7-8-9-10-11-12-13-14-15-16-17-18-20(23)25-21(24)19(2)22;/h19,22H,3-18H2,1-2H3;. The third kappa shape index (κ3) is 20.1. The molecular formula is C21H40O4Ti. The zero-order valence-corrected chi connectivity index (χ0v) is 18.6. The van der Waals surface area contributed by atoms with E-state index in [0.717, 1.165) is 19.3 Å². The summed E-state index contributed by atoms with van der Waals surface area (Å²) < 4.78 is 4.50. The topological polar surface area (TPSA) is 63.6 Å². The number of carbonyl (C=O) groups is 2. The van der Waals surface area contributed by atoms with Crippen LogP contribution in [-0.4, -0.2) is 23.1 Å². The van der Waals surface area contributed by atoms with Gasteiger partial charge in [0.15, 0.2) is 0 Å². The van der Waals surface area contributed by atoms with Crippen LogP contribution in [0, 0.1) is 0 Å². The van der Waals surface area contributed by atoms with E-state index in [4.69, 9.17) is 5.11 Å². The third-order valence-corrected chi connectivity index (χ3v) is 4.54. The molecule has 0 rings (SSSR count). The van der Waals surface area contributed by atoms with Gasteiger partial charge in [0.2, 0.25) is 0 Å². The molecule has 1 unspecified atom stereocenters. The molecule has 0 aliphatic rings. The van der Waals surface area contributed by atoms with E-state index in [9.17, 15) is 9.59 Å². The SMILES string of the molecule is CCCCCCCCCCCCCCCCCC(=O)OC(=O)C(C)O.[Ti]. The fourth-order valence-corrected chi connectivity index (χ4v) is 2.89. The smallest absolute Gasteiger partial charge is 0.342 e. The Morgan fingerprint density at radius 3 is 1.42 bits per heavy atom. The molecule has 4 nitrogen and oxygen atoms in total. The molecule has 0 aromatic heterocycles. The van der Waals surface area contributed by atoms with Crippen LogP contribution in [0.1, 0.15) is 117 Å². The van der Waals surface area contributed by atoms with Gasteiger partial charge >= 0.3 is 11.9 Å². The molecule has 152 valence electrons. The Morgan fingerprint density at radius 2 is 1.08 bits per heavy atom. The van der Waals surface area contributed by atoms with E-state index in [1.54, 1.807) is 0 Å². The first-order valence-electron chi connectivity index (χ1n) is 10.5. The molecule has 0 aliphatic carbocycles. The van der Waals surface area contributed by atoms with Crippen LogP contribution in [0.15, 0.2) is 0 Å². The Kier molecular flexibility index (Phi) is 22.8. The van der Waals surface area contributed by atoms with Gasteiger partial charge in [-0.2, -0.15) is 0 Å². The molecule has 0 amide bonds. The van der Waals surface area contributed by atoms with E-state index < -0.39 is 18.0 Å². The quantitative estimate of drug-likeness (QED) is 0.146. The van der Waals surface area contributed by atoms with Crippen LogP contribution in [0.4, 0.5) is 0 Å². The van der Waals surface area contributed by atoms with E-state index in [1.807, 2.05) is 0 Å². The van der Waals surface area contributed by atoms with Crippen LogP contribution < -0.4 is 0 Å². The van der Waals surface area contributed by atoms with Crippen molar-refractivity contribution < 1.29 is 41.2 Å². The Labute approximate surface area is 175 Å². The zero-order chi connectivity index (χ0) is 18.8. The molecule has 0 fully saturated rings. The molecule has 1 N–H and O–H groups in total. The Bertz CT molecular complexity index is 332. The number of hydrogen-bond acceptors (Lipinski definition) is 4. The van der Waals surface area contributed by atoms with Crippen molar-refractivity contribution in [3.8, 4) is 0 Å². The van der Waals surface area contributed by atoms with Crippen LogP contribution in [0.2, 0.25) is 0 Å². The van der Waals surface area contributed by atoms with Gasteiger partial charge in [-0.1, -0.05) is 96.8 Å².